The molecular formula is C13H10BrN3O5. The van der Waals surface area contributed by atoms with E-state index in [2.05, 4.69) is 26.0 Å². The van der Waals surface area contributed by atoms with Crippen molar-refractivity contribution in [3.63, 3.8) is 0 Å². The highest BCUT2D eigenvalue weighted by Crippen LogP contribution is 2.30. The van der Waals surface area contributed by atoms with Crippen molar-refractivity contribution in [1.29, 1.82) is 0 Å². The van der Waals surface area contributed by atoms with Crippen LogP contribution in [-0.2, 0) is 16.1 Å². The van der Waals surface area contributed by atoms with Gasteiger partial charge in [-0.25, -0.2) is 4.79 Å². The van der Waals surface area contributed by atoms with Gasteiger partial charge in [0.05, 0.1) is 10.9 Å². The molecule has 1 heterocycles. The number of ether oxygens (including phenoxy) is 1. The molecule has 2 rings (SSSR count). The van der Waals surface area contributed by atoms with Crippen LogP contribution < -0.4 is 5.63 Å². The summed E-state index contributed by atoms with van der Waals surface area (Å²) >= 11 is 3.17. The van der Waals surface area contributed by atoms with Crippen LogP contribution in [0.4, 0.5) is 0 Å². The highest BCUT2D eigenvalue weighted by molar-refractivity contribution is 9.10. The molecule has 0 unspecified atom stereocenters. The molecule has 1 N–H and O–H groups in total. The fourth-order valence-corrected chi connectivity index (χ4v) is 2.12. The third kappa shape index (κ3) is 3.78. The molecule has 0 saturated heterocycles. The molecule has 22 heavy (non-hydrogen) atoms. The first-order valence-electron chi connectivity index (χ1n) is 6.13. The van der Waals surface area contributed by atoms with E-state index in [0.717, 1.165) is 0 Å². The first-order valence-corrected chi connectivity index (χ1v) is 6.92. The summed E-state index contributed by atoms with van der Waals surface area (Å²) in [5.74, 6) is -0.620. The maximum atomic E-state index is 11.5. The normalized spacial score (nSPS) is 10.2. The van der Waals surface area contributed by atoms with Crippen molar-refractivity contribution in [2.24, 2.45) is 5.11 Å². The zero-order valence-corrected chi connectivity index (χ0v) is 12.7. The van der Waals surface area contributed by atoms with E-state index in [1.807, 2.05) is 0 Å². The summed E-state index contributed by atoms with van der Waals surface area (Å²) < 4.78 is 10.4. The SMILES string of the molecule is [N-]=[N+]=NCCC(=O)OCc1cc(=O)oc2cc(O)c(Br)cc12. The van der Waals surface area contributed by atoms with Gasteiger partial charge in [0.15, 0.2) is 0 Å². The molecule has 0 aliphatic carbocycles. The van der Waals surface area contributed by atoms with Gasteiger partial charge in [-0.15, -0.1) is 0 Å². The number of nitrogens with zero attached hydrogens (tertiary/aromatic N) is 3. The maximum absolute atomic E-state index is 11.5. The minimum Gasteiger partial charge on any atom is -0.507 e. The van der Waals surface area contributed by atoms with Crippen LogP contribution in [0.2, 0.25) is 0 Å². The monoisotopic (exact) mass is 367 g/mol. The Morgan fingerprint density at radius 3 is 2.95 bits per heavy atom. The Morgan fingerprint density at radius 2 is 2.23 bits per heavy atom. The van der Waals surface area contributed by atoms with E-state index in [1.165, 1.54) is 12.1 Å². The number of fused-ring (bicyclic) bond motifs is 1. The van der Waals surface area contributed by atoms with Crippen LogP contribution in [0.15, 0.2) is 37.0 Å². The van der Waals surface area contributed by atoms with Gasteiger partial charge < -0.3 is 14.3 Å². The molecule has 0 bridgehead atoms. The number of hydrogen-bond donors (Lipinski definition) is 1. The third-order valence-electron chi connectivity index (χ3n) is 2.77. The summed E-state index contributed by atoms with van der Waals surface area (Å²) in [6.07, 6.45) is -0.0477. The van der Waals surface area contributed by atoms with Crippen molar-refractivity contribution in [2.45, 2.75) is 13.0 Å². The van der Waals surface area contributed by atoms with E-state index in [0.29, 0.717) is 15.4 Å². The van der Waals surface area contributed by atoms with Gasteiger partial charge in [-0.3, -0.25) is 4.79 Å². The molecule has 0 spiro atoms. The molecule has 0 amide bonds. The topological polar surface area (TPSA) is 126 Å². The number of benzene rings is 1. The summed E-state index contributed by atoms with van der Waals surface area (Å²) in [5.41, 5.74) is 8.14. The molecule has 2 aromatic rings. The molecule has 1 aromatic carbocycles. The Morgan fingerprint density at radius 1 is 1.45 bits per heavy atom. The van der Waals surface area contributed by atoms with Gasteiger partial charge >= 0.3 is 11.6 Å². The first-order chi connectivity index (χ1) is 10.5. The molecule has 9 heteroatoms. The molecule has 0 aliphatic rings. The summed E-state index contributed by atoms with van der Waals surface area (Å²) in [6, 6.07) is 4.08. The molecule has 1 aromatic heterocycles. The summed E-state index contributed by atoms with van der Waals surface area (Å²) in [5, 5.41) is 13.4. The smallest absolute Gasteiger partial charge is 0.336 e. The lowest BCUT2D eigenvalue weighted by molar-refractivity contribution is -0.144. The maximum Gasteiger partial charge on any atom is 0.336 e. The van der Waals surface area contributed by atoms with Gasteiger partial charge in [-0.1, -0.05) is 5.11 Å². The van der Waals surface area contributed by atoms with Crippen LogP contribution in [0.25, 0.3) is 21.4 Å². The number of phenols is 1. The minimum absolute atomic E-state index is 0.00638. The standard InChI is InChI=1S/C13H10BrN3O5/c14-9-4-8-7(6-21-12(19)1-2-16-17-15)3-13(20)22-11(8)5-10(9)18/h3-5,18H,1-2,6H2. The number of aromatic hydroxyl groups is 1. The van der Waals surface area contributed by atoms with Crippen LogP contribution in [0.1, 0.15) is 12.0 Å². The van der Waals surface area contributed by atoms with E-state index in [-0.39, 0.29) is 30.9 Å². The number of azide groups is 1. The van der Waals surface area contributed by atoms with Crippen molar-refractivity contribution in [3.8, 4) is 5.75 Å². The van der Waals surface area contributed by atoms with E-state index >= 15 is 0 Å². The van der Waals surface area contributed by atoms with E-state index in [9.17, 15) is 14.7 Å². The Labute approximate surface area is 132 Å². The lowest BCUT2D eigenvalue weighted by atomic mass is 10.1. The number of rotatable bonds is 5. The van der Waals surface area contributed by atoms with Crippen molar-refractivity contribution in [2.75, 3.05) is 6.54 Å². The van der Waals surface area contributed by atoms with Crippen LogP contribution in [0, 0.1) is 0 Å². The number of carbonyl (C=O) groups excluding carboxylic acids is 1. The Bertz CT molecular complexity index is 826. The van der Waals surface area contributed by atoms with Crippen molar-refractivity contribution >= 4 is 32.9 Å². The highest BCUT2D eigenvalue weighted by Gasteiger charge is 2.11. The van der Waals surface area contributed by atoms with Crippen LogP contribution in [0.5, 0.6) is 5.75 Å². The van der Waals surface area contributed by atoms with Gasteiger partial charge in [-0.05, 0) is 27.5 Å². The zero-order valence-electron chi connectivity index (χ0n) is 11.2. The van der Waals surface area contributed by atoms with Crippen molar-refractivity contribution < 1.29 is 19.1 Å². The molecule has 0 atom stereocenters. The number of phenolic OH excluding ortho intramolecular Hbond substituents is 1. The van der Waals surface area contributed by atoms with E-state index < -0.39 is 11.6 Å². The second-order valence-electron chi connectivity index (χ2n) is 4.26. The Kier molecular flexibility index (Phi) is 5.03. The molecule has 0 aliphatic heterocycles. The minimum atomic E-state index is -0.616. The largest absolute Gasteiger partial charge is 0.507 e. The second kappa shape index (κ2) is 6.97. The van der Waals surface area contributed by atoms with E-state index in [1.54, 1.807) is 6.07 Å². The fourth-order valence-electron chi connectivity index (χ4n) is 1.77. The van der Waals surface area contributed by atoms with Crippen molar-refractivity contribution in [3.05, 3.63) is 49.1 Å². The summed E-state index contributed by atoms with van der Waals surface area (Å²) in [7, 11) is 0. The fraction of sp³-hybridized carbons (Fsp3) is 0.231. The molecule has 8 nitrogen and oxygen atoms in total. The molecule has 0 radical (unpaired) electrons. The number of halogens is 1. The molecule has 0 saturated carbocycles. The van der Waals surface area contributed by atoms with Gasteiger partial charge in [-0.2, -0.15) is 0 Å². The summed E-state index contributed by atoms with van der Waals surface area (Å²) in [4.78, 5) is 25.5. The first kappa shape index (κ1) is 15.9. The van der Waals surface area contributed by atoms with Crippen molar-refractivity contribution in [1.82, 2.24) is 0 Å². The van der Waals surface area contributed by atoms with E-state index in [4.69, 9.17) is 14.7 Å². The number of esters is 1. The van der Waals surface area contributed by atoms with Crippen LogP contribution in [0.3, 0.4) is 0 Å². The van der Waals surface area contributed by atoms with Gasteiger partial charge in [0.2, 0.25) is 0 Å². The predicted octanol–water partition coefficient (Wildman–Crippen LogP) is 3.00. The quantitative estimate of drug-likeness (QED) is 0.285. The lowest BCUT2D eigenvalue weighted by Crippen LogP contribution is -2.08. The van der Waals surface area contributed by atoms with Crippen LogP contribution in [-0.4, -0.2) is 17.6 Å². The number of carbonyl (C=O) groups is 1. The third-order valence-corrected chi connectivity index (χ3v) is 3.40. The average Bonchev–Trinajstić information content (AvgIpc) is 2.47. The Hall–Kier alpha value is -2.51. The Balaban J connectivity index is 2.23. The number of hydrogen-bond acceptors (Lipinski definition) is 6. The lowest BCUT2D eigenvalue weighted by Gasteiger charge is -2.08. The molecule has 114 valence electrons. The molecule has 0 fully saturated rings. The average molecular weight is 368 g/mol. The van der Waals surface area contributed by atoms with Gasteiger partial charge in [0.1, 0.15) is 17.9 Å². The predicted molar refractivity (Wildman–Crippen MR) is 80.3 cm³/mol. The highest BCUT2D eigenvalue weighted by atomic mass is 79.9. The summed E-state index contributed by atoms with van der Waals surface area (Å²) in [6.45, 7) is -0.124. The molecular weight excluding hydrogens is 358 g/mol. The zero-order chi connectivity index (χ0) is 16.1. The van der Waals surface area contributed by atoms with Crippen LogP contribution >= 0.6 is 15.9 Å². The van der Waals surface area contributed by atoms with Gasteiger partial charge in [0.25, 0.3) is 0 Å². The van der Waals surface area contributed by atoms with Gasteiger partial charge in [0, 0.05) is 34.5 Å². The second-order valence-corrected chi connectivity index (χ2v) is 5.11.